The first-order valence-electron chi connectivity index (χ1n) is 9.47. The SMILES string of the molecule is COc1ccc(CCOc2nc(-c3ccccc3F)n(-c3ccc(N)cc3)n2)cc1. The third-order valence-corrected chi connectivity index (χ3v) is 4.62. The van der Waals surface area contributed by atoms with Gasteiger partial charge in [-0.1, -0.05) is 24.3 Å². The van der Waals surface area contributed by atoms with Gasteiger partial charge in [-0.3, -0.25) is 0 Å². The Kier molecular flexibility index (Phi) is 5.61. The van der Waals surface area contributed by atoms with Crippen LogP contribution in [0.1, 0.15) is 5.56 Å². The first-order chi connectivity index (χ1) is 14.6. The first-order valence-corrected chi connectivity index (χ1v) is 9.47. The Hall–Kier alpha value is -3.87. The van der Waals surface area contributed by atoms with Gasteiger partial charge in [0.2, 0.25) is 0 Å². The molecule has 7 heteroatoms. The summed E-state index contributed by atoms with van der Waals surface area (Å²) in [5, 5.41) is 4.44. The standard InChI is InChI=1S/C23H21FN4O2/c1-29-19-12-6-16(7-13-19)14-15-30-23-26-22(20-4-2-3-5-21(20)24)28(27-23)18-10-8-17(25)9-11-18/h2-13H,14-15,25H2,1H3. The molecule has 4 aromatic rings. The zero-order valence-corrected chi connectivity index (χ0v) is 16.5. The van der Waals surface area contributed by atoms with Gasteiger partial charge in [-0.25, -0.2) is 9.07 Å². The van der Waals surface area contributed by atoms with Gasteiger partial charge in [0.25, 0.3) is 0 Å². The fraction of sp³-hybridized carbons (Fsp3) is 0.130. The molecule has 0 saturated heterocycles. The minimum Gasteiger partial charge on any atom is -0.497 e. The number of benzene rings is 3. The van der Waals surface area contributed by atoms with Gasteiger partial charge >= 0.3 is 6.01 Å². The summed E-state index contributed by atoms with van der Waals surface area (Å²) in [5.41, 5.74) is 8.56. The number of halogens is 1. The summed E-state index contributed by atoms with van der Waals surface area (Å²) < 4.78 is 26.9. The number of aromatic nitrogens is 3. The molecule has 30 heavy (non-hydrogen) atoms. The molecule has 0 bridgehead atoms. The van der Waals surface area contributed by atoms with Crippen molar-refractivity contribution >= 4 is 5.69 Å². The van der Waals surface area contributed by atoms with E-state index in [0.717, 1.165) is 11.3 Å². The Morgan fingerprint density at radius 3 is 2.40 bits per heavy atom. The molecule has 6 nitrogen and oxygen atoms in total. The largest absolute Gasteiger partial charge is 0.497 e. The molecule has 1 heterocycles. The molecule has 0 aliphatic carbocycles. The molecule has 0 unspecified atom stereocenters. The van der Waals surface area contributed by atoms with E-state index in [1.54, 1.807) is 54.3 Å². The van der Waals surface area contributed by atoms with Gasteiger partial charge in [0.15, 0.2) is 5.82 Å². The second kappa shape index (κ2) is 8.65. The highest BCUT2D eigenvalue weighted by molar-refractivity contribution is 5.60. The van der Waals surface area contributed by atoms with E-state index in [9.17, 15) is 4.39 Å². The van der Waals surface area contributed by atoms with Gasteiger partial charge in [0.1, 0.15) is 11.6 Å². The molecular formula is C23H21FN4O2. The fourth-order valence-corrected chi connectivity index (χ4v) is 3.02. The molecule has 0 amide bonds. The van der Waals surface area contributed by atoms with E-state index in [4.69, 9.17) is 15.2 Å². The van der Waals surface area contributed by atoms with Crippen molar-refractivity contribution in [3.05, 3.63) is 84.2 Å². The topological polar surface area (TPSA) is 75.2 Å². The Balaban J connectivity index is 1.58. The normalized spacial score (nSPS) is 10.7. The van der Waals surface area contributed by atoms with Crippen LogP contribution in [0.25, 0.3) is 17.1 Å². The van der Waals surface area contributed by atoms with Crippen LogP contribution in [-0.2, 0) is 6.42 Å². The summed E-state index contributed by atoms with van der Waals surface area (Å²) >= 11 is 0. The molecule has 0 aliphatic rings. The van der Waals surface area contributed by atoms with Crippen LogP contribution in [0.3, 0.4) is 0 Å². The summed E-state index contributed by atoms with van der Waals surface area (Å²) in [6, 6.07) is 21.5. The first kappa shape index (κ1) is 19.4. The van der Waals surface area contributed by atoms with Crippen molar-refractivity contribution in [2.45, 2.75) is 6.42 Å². The maximum atomic E-state index is 14.4. The van der Waals surface area contributed by atoms with Crippen molar-refractivity contribution in [1.29, 1.82) is 0 Å². The zero-order valence-electron chi connectivity index (χ0n) is 16.5. The van der Waals surface area contributed by atoms with Crippen molar-refractivity contribution in [3.63, 3.8) is 0 Å². The molecule has 4 rings (SSSR count). The molecule has 0 radical (unpaired) electrons. The fourth-order valence-electron chi connectivity index (χ4n) is 3.02. The Morgan fingerprint density at radius 2 is 1.70 bits per heavy atom. The molecule has 0 saturated carbocycles. The number of ether oxygens (including phenoxy) is 2. The maximum Gasteiger partial charge on any atom is 0.336 e. The molecule has 1 aromatic heterocycles. The lowest BCUT2D eigenvalue weighted by molar-refractivity contribution is 0.296. The molecule has 0 spiro atoms. The van der Waals surface area contributed by atoms with Gasteiger partial charge in [0.05, 0.1) is 25.0 Å². The average Bonchev–Trinajstić information content (AvgIpc) is 3.19. The third-order valence-electron chi connectivity index (χ3n) is 4.62. The Morgan fingerprint density at radius 1 is 0.967 bits per heavy atom. The molecule has 2 N–H and O–H groups in total. The Labute approximate surface area is 173 Å². The average molecular weight is 404 g/mol. The highest BCUT2D eigenvalue weighted by atomic mass is 19.1. The zero-order chi connectivity index (χ0) is 20.9. The summed E-state index contributed by atoms with van der Waals surface area (Å²) in [7, 11) is 1.63. The lowest BCUT2D eigenvalue weighted by Crippen LogP contribution is -2.03. The highest BCUT2D eigenvalue weighted by Crippen LogP contribution is 2.26. The van der Waals surface area contributed by atoms with Crippen LogP contribution in [0.15, 0.2) is 72.8 Å². The van der Waals surface area contributed by atoms with Crippen molar-refractivity contribution in [1.82, 2.24) is 14.8 Å². The number of anilines is 1. The van der Waals surface area contributed by atoms with Crippen LogP contribution in [0.2, 0.25) is 0 Å². The van der Waals surface area contributed by atoms with Gasteiger partial charge in [0, 0.05) is 12.1 Å². The van der Waals surface area contributed by atoms with Gasteiger partial charge in [-0.2, -0.15) is 4.98 Å². The third kappa shape index (κ3) is 4.25. The van der Waals surface area contributed by atoms with E-state index in [-0.39, 0.29) is 11.8 Å². The van der Waals surface area contributed by atoms with Crippen LogP contribution in [0.5, 0.6) is 11.8 Å². The van der Waals surface area contributed by atoms with Crippen molar-refractivity contribution in [3.8, 4) is 28.8 Å². The lowest BCUT2D eigenvalue weighted by Gasteiger charge is -2.06. The second-order valence-corrected chi connectivity index (χ2v) is 6.65. The van der Waals surface area contributed by atoms with E-state index in [1.807, 2.05) is 24.3 Å². The second-order valence-electron chi connectivity index (χ2n) is 6.65. The smallest absolute Gasteiger partial charge is 0.336 e. The Bertz CT molecular complexity index is 1120. The predicted molar refractivity (Wildman–Crippen MR) is 113 cm³/mol. The number of nitrogens with zero attached hydrogens (tertiary/aromatic N) is 3. The molecule has 0 aliphatic heterocycles. The van der Waals surface area contributed by atoms with Gasteiger partial charge in [-0.15, -0.1) is 5.10 Å². The number of nitrogen functional groups attached to an aromatic ring is 1. The summed E-state index contributed by atoms with van der Waals surface area (Å²) in [4.78, 5) is 4.44. The number of rotatable bonds is 7. The van der Waals surface area contributed by atoms with Crippen LogP contribution >= 0.6 is 0 Å². The number of methoxy groups -OCH3 is 1. The van der Waals surface area contributed by atoms with Crippen molar-refractivity contribution in [2.24, 2.45) is 0 Å². The van der Waals surface area contributed by atoms with E-state index >= 15 is 0 Å². The van der Waals surface area contributed by atoms with Crippen molar-refractivity contribution < 1.29 is 13.9 Å². The summed E-state index contributed by atoms with van der Waals surface area (Å²) in [5.74, 6) is 0.779. The van der Waals surface area contributed by atoms with Crippen LogP contribution in [0, 0.1) is 5.82 Å². The quantitative estimate of drug-likeness (QED) is 0.465. The molecule has 152 valence electrons. The molecule has 0 fully saturated rings. The van der Waals surface area contributed by atoms with E-state index in [2.05, 4.69) is 10.1 Å². The number of nitrogens with two attached hydrogens (primary N) is 1. The van der Waals surface area contributed by atoms with E-state index < -0.39 is 0 Å². The van der Waals surface area contributed by atoms with Crippen LogP contribution < -0.4 is 15.2 Å². The molecular weight excluding hydrogens is 383 g/mol. The number of hydrogen-bond donors (Lipinski definition) is 1. The van der Waals surface area contributed by atoms with Crippen LogP contribution in [-0.4, -0.2) is 28.5 Å². The maximum absolute atomic E-state index is 14.4. The highest BCUT2D eigenvalue weighted by Gasteiger charge is 2.17. The van der Waals surface area contributed by atoms with Gasteiger partial charge in [-0.05, 0) is 54.1 Å². The molecule has 3 aromatic carbocycles. The monoisotopic (exact) mass is 404 g/mol. The minimum atomic E-state index is -0.383. The van der Waals surface area contributed by atoms with Crippen LogP contribution in [0.4, 0.5) is 10.1 Å². The van der Waals surface area contributed by atoms with E-state index in [0.29, 0.717) is 35.8 Å². The number of hydrogen-bond acceptors (Lipinski definition) is 5. The molecule has 0 atom stereocenters. The van der Waals surface area contributed by atoms with Gasteiger partial charge < -0.3 is 15.2 Å². The van der Waals surface area contributed by atoms with Crippen molar-refractivity contribution in [2.75, 3.05) is 19.5 Å². The summed E-state index contributed by atoms with van der Waals surface area (Å²) in [6.07, 6.45) is 0.676. The summed E-state index contributed by atoms with van der Waals surface area (Å²) in [6.45, 7) is 0.384. The predicted octanol–water partition coefficient (Wildman–Crippen LogP) is 4.29. The minimum absolute atomic E-state index is 0.179. The van der Waals surface area contributed by atoms with E-state index in [1.165, 1.54) is 6.07 Å². The lowest BCUT2D eigenvalue weighted by atomic mass is 10.1.